The molecule has 0 aliphatic carbocycles. The zero-order valence-corrected chi connectivity index (χ0v) is 13.3. The highest BCUT2D eigenvalue weighted by Gasteiger charge is 2.14. The SMILES string of the molecule is CCOC(=O)c1cc(-c2nc3cc(-c4cnoc4)ccc3o2)ccn1. The fraction of sp³-hybridized carbons (Fsp3) is 0.111. The van der Waals surface area contributed by atoms with Crippen molar-refractivity contribution in [2.45, 2.75) is 6.92 Å². The highest BCUT2D eigenvalue weighted by atomic mass is 16.5. The predicted molar refractivity (Wildman–Crippen MR) is 88.7 cm³/mol. The Hall–Kier alpha value is -3.48. The molecule has 0 spiro atoms. The second-order valence-electron chi connectivity index (χ2n) is 5.26. The van der Waals surface area contributed by atoms with Gasteiger partial charge in [0.15, 0.2) is 5.58 Å². The number of rotatable bonds is 4. The van der Waals surface area contributed by atoms with Gasteiger partial charge < -0.3 is 13.7 Å². The van der Waals surface area contributed by atoms with Gasteiger partial charge in [-0.25, -0.2) is 14.8 Å². The first-order valence-electron chi connectivity index (χ1n) is 7.68. The van der Waals surface area contributed by atoms with E-state index in [0.717, 1.165) is 11.1 Å². The van der Waals surface area contributed by atoms with Crippen LogP contribution < -0.4 is 0 Å². The zero-order chi connectivity index (χ0) is 17.2. The molecule has 7 nitrogen and oxygen atoms in total. The quantitative estimate of drug-likeness (QED) is 0.525. The number of hydrogen-bond donors (Lipinski definition) is 0. The van der Waals surface area contributed by atoms with Crippen LogP contribution in [0.2, 0.25) is 0 Å². The van der Waals surface area contributed by atoms with Crippen LogP contribution in [0.25, 0.3) is 33.7 Å². The van der Waals surface area contributed by atoms with E-state index < -0.39 is 5.97 Å². The first-order chi connectivity index (χ1) is 12.2. The van der Waals surface area contributed by atoms with Gasteiger partial charge in [-0.15, -0.1) is 0 Å². The second kappa shape index (κ2) is 6.20. The molecule has 0 bridgehead atoms. The van der Waals surface area contributed by atoms with Crippen LogP contribution in [0.4, 0.5) is 0 Å². The summed E-state index contributed by atoms with van der Waals surface area (Å²) in [5.41, 5.74) is 4.00. The molecule has 0 aliphatic heterocycles. The Morgan fingerprint density at radius 2 is 2.08 bits per heavy atom. The summed E-state index contributed by atoms with van der Waals surface area (Å²) < 4.78 is 15.6. The number of esters is 1. The van der Waals surface area contributed by atoms with E-state index in [1.165, 1.54) is 6.20 Å². The lowest BCUT2D eigenvalue weighted by Crippen LogP contribution is -2.06. The average Bonchev–Trinajstić information content (AvgIpc) is 3.31. The van der Waals surface area contributed by atoms with E-state index in [0.29, 0.717) is 29.2 Å². The number of carbonyl (C=O) groups is 1. The highest BCUT2D eigenvalue weighted by molar-refractivity contribution is 5.89. The van der Waals surface area contributed by atoms with Gasteiger partial charge in [0.25, 0.3) is 0 Å². The molecular weight excluding hydrogens is 322 g/mol. The number of pyridine rings is 1. The van der Waals surface area contributed by atoms with Crippen molar-refractivity contribution in [2.24, 2.45) is 0 Å². The lowest BCUT2D eigenvalue weighted by molar-refractivity contribution is 0.0519. The predicted octanol–water partition coefficient (Wildman–Crippen LogP) is 3.72. The van der Waals surface area contributed by atoms with Gasteiger partial charge in [0.2, 0.25) is 5.89 Å². The molecule has 4 rings (SSSR count). The number of nitrogens with zero attached hydrogens (tertiary/aromatic N) is 3. The van der Waals surface area contributed by atoms with Crippen molar-refractivity contribution >= 4 is 17.1 Å². The van der Waals surface area contributed by atoms with Crippen LogP contribution in [0.1, 0.15) is 17.4 Å². The molecule has 0 atom stereocenters. The third-order valence-corrected chi connectivity index (χ3v) is 3.64. The van der Waals surface area contributed by atoms with E-state index >= 15 is 0 Å². The molecule has 3 heterocycles. The molecule has 0 N–H and O–H groups in total. The zero-order valence-electron chi connectivity index (χ0n) is 13.3. The van der Waals surface area contributed by atoms with Crippen molar-refractivity contribution in [1.82, 2.24) is 15.1 Å². The number of carbonyl (C=O) groups excluding carboxylic acids is 1. The van der Waals surface area contributed by atoms with Crippen LogP contribution in [0, 0.1) is 0 Å². The summed E-state index contributed by atoms with van der Waals surface area (Å²) in [6.45, 7) is 2.04. The summed E-state index contributed by atoms with van der Waals surface area (Å²) in [5.74, 6) is -0.0689. The van der Waals surface area contributed by atoms with Crippen molar-refractivity contribution < 1.29 is 18.5 Å². The Morgan fingerprint density at radius 3 is 2.88 bits per heavy atom. The maximum absolute atomic E-state index is 11.8. The van der Waals surface area contributed by atoms with Gasteiger partial charge in [-0.3, -0.25) is 0 Å². The molecule has 124 valence electrons. The fourth-order valence-corrected chi connectivity index (χ4v) is 2.46. The third kappa shape index (κ3) is 2.87. The van der Waals surface area contributed by atoms with Crippen LogP contribution in [0.15, 0.2) is 57.9 Å². The average molecular weight is 335 g/mol. The first-order valence-corrected chi connectivity index (χ1v) is 7.68. The fourth-order valence-electron chi connectivity index (χ4n) is 2.46. The molecule has 0 saturated carbocycles. The van der Waals surface area contributed by atoms with Crippen molar-refractivity contribution in [3.8, 4) is 22.6 Å². The smallest absolute Gasteiger partial charge is 0.356 e. The van der Waals surface area contributed by atoms with Gasteiger partial charge in [0, 0.05) is 17.3 Å². The molecule has 0 saturated heterocycles. The summed E-state index contributed by atoms with van der Waals surface area (Å²) in [6.07, 6.45) is 4.73. The molecule has 7 heteroatoms. The normalized spacial score (nSPS) is 10.9. The lowest BCUT2D eigenvalue weighted by atomic mass is 10.1. The van der Waals surface area contributed by atoms with Crippen LogP contribution in [0.5, 0.6) is 0 Å². The van der Waals surface area contributed by atoms with Gasteiger partial charge in [-0.1, -0.05) is 11.2 Å². The molecule has 3 aromatic heterocycles. The Labute approximate surface area is 142 Å². The molecule has 0 aliphatic rings. The number of fused-ring (bicyclic) bond motifs is 1. The number of oxazole rings is 1. The number of ether oxygens (including phenoxy) is 1. The maximum atomic E-state index is 11.8. The Morgan fingerprint density at radius 1 is 1.16 bits per heavy atom. The monoisotopic (exact) mass is 335 g/mol. The Balaban J connectivity index is 1.72. The number of hydrogen-bond acceptors (Lipinski definition) is 7. The summed E-state index contributed by atoms with van der Waals surface area (Å²) in [4.78, 5) is 20.4. The standard InChI is InChI=1S/C18H13N3O4/c1-2-23-18(22)15-8-12(5-6-19-15)17-21-14-7-11(3-4-16(14)25-17)13-9-20-24-10-13/h3-10H,2H2,1H3. The minimum absolute atomic E-state index is 0.215. The van der Waals surface area contributed by atoms with Crippen molar-refractivity contribution in [1.29, 1.82) is 0 Å². The Bertz CT molecular complexity index is 1040. The minimum atomic E-state index is -0.477. The van der Waals surface area contributed by atoms with E-state index in [4.69, 9.17) is 13.7 Å². The van der Waals surface area contributed by atoms with Gasteiger partial charge in [0.05, 0.1) is 12.8 Å². The van der Waals surface area contributed by atoms with Crippen molar-refractivity contribution in [2.75, 3.05) is 6.61 Å². The van der Waals surface area contributed by atoms with Crippen molar-refractivity contribution in [3.63, 3.8) is 0 Å². The van der Waals surface area contributed by atoms with Gasteiger partial charge >= 0.3 is 5.97 Å². The highest BCUT2D eigenvalue weighted by Crippen LogP contribution is 2.28. The molecule has 4 aromatic rings. The molecule has 0 fully saturated rings. The summed E-state index contributed by atoms with van der Waals surface area (Å²) in [7, 11) is 0. The summed E-state index contributed by atoms with van der Waals surface area (Å²) in [5, 5.41) is 3.70. The van der Waals surface area contributed by atoms with E-state index in [1.54, 1.807) is 31.5 Å². The van der Waals surface area contributed by atoms with E-state index in [9.17, 15) is 4.79 Å². The van der Waals surface area contributed by atoms with Crippen LogP contribution in [0.3, 0.4) is 0 Å². The van der Waals surface area contributed by atoms with E-state index in [2.05, 4.69) is 15.1 Å². The lowest BCUT2D eigenvalue weighted by Gasteiger charge is -2.01. The van der Waals surface area contributed by atoms with Gasteiger partial charge in [-0.2, -0.15) is 0 Å². The number of benzene rings is 1. The molecule has 0 unspecified atom stereocenters. The third-order valence-electron chi connectivity index (χ3n) is 3.64. The van der Waals surface area contributed by atoms with Crippen LogP contribution >= 0.6 is 0 Å². The molecule has 0 radical (unpaired) electrons. The number of aromatic nitrogens is 3. The first kappa shape index (κ1) is 15.1. The largest absolute Gasteiger partial charge is 0.461 e. The minimum Gasteiger partial charge on any atom is -0.461 e. The van der Waals surface area contributed by atoms with Crippen LogP contribution in [-0.4, -0.2) is 27.7 Å². The molecule has 25 heavy (non-hydrogen) atoms. The molecule has 1 aromatic carbocycles. The summed E-state index contributed by atoms with van der Waals surface area (Å²) in [6, 6.07) is 8.96. The maximum Gasteiger partial charge on any atom is 0.356 e. The van der Waals surface area contributed by atoms with Crippen LogP contribution in [-0.2, 0) is 4.74 Å². The van der Waals surface area contributed by atoms with Gasteiger partial charge in [0.1, 0.15) is 17.5 Å². The van der Waals surface area contributed by atoms with Crippen molar-refractivity contribution in [3.05, 3.63) is 54.7 Å². The topological polar surface area (TPSA) is 91.2 Å². The second-order valence-corrected chi connectivity index (χ2v) is 5.26. The van der Waals surface area contributed by atoms with E-state index in [-0.39, 0.29) is 5.69 Å². The van der Waals surface area contributed by atoms with Gasteiger partial charge in [-0.05, 0) is 36.8 Å². The molecular formula is C18H13N3O4. The summed E-state index contributed by atoms with van der Waals surface area (Å²) >= 11 is 0. The Kier molecular flexibility index (Phi) is 3.74. The van der Waals surface area contributed by atoms with E-state index in [1.807, 2.05) is 18.2 Å². The molecule has 0 amide bonds.